The molecule has 1 aromatic carbocycles. The van der Waals surface area contributed by atoms with Gasteiger partial charge in [0.05, 0.1) is 11.1 Å². The maximum absolute atomic E-state index is 14.4. The lowest BCUT2D eigenvalue weighted by Crippen LogP contribution is -2.34. The number of piperidine rings is 1. The van der Waals surface area contributed by atoms with Crippen LogP contribution >= 0.6 is 0 Å². The third kappa shape index (κ3) is 2.79. The molecule has 3 aromatic heterocycles. The van der Waals surface area contributed by atoms with Crippen LogP contribution in [-0.2, 0) is 7.05 Å². The van der Waals surface area contributed by atoms with E-state index in [1.807, 2.05) is 29.0 Å². The van der Waals surface area contributed by atoms with Crippen molar-refractivity contribution < 1.29 is 4.39 Å². The first-order valence-corrected chi connectivity index (χ1v) is 9.45. The Balaban J connectivity index is 1.59. The van der Waals surface area contributed by atoms with Crippen LogP contribution in [-0.4, -0.2) is 32.4 Å². The quantitative estimate of drug-likeness (QED) is 0.583. The van der Waals surface area contributed by atoms with E-state index in [-0.39, 0.29) is 17.4 Å². The summed E-state index contributed by atoms with van der Waals surface area (Å²) in [6, 6.07) is 7.33. The molecular formula is C21H20FN5O. The summed E-state index contributed by atoms with van der Waals surface area (Å²) in [5.74, 6) is -0.378. The fourth-order valence-corrected chi connectivity index (χ4v) is 4.05. The number of aromatic nitrogens is 4. The Morgan fingerprint density at radius 2 is 2.00 bits per heavy atom. The number of nitrogens with zero attached hydrogens (tertiary/aromatic N) is 4. The lowest BCUT2D eigenvalue weighted by atomic mass is 10.0. The Labute approximate surface area is 160 Å². The summed E-state index contributed by atoms with van der Waals surface area (Å²) < 4.78 is 17.8. The summed E-state index contributed by atoms with van der Waals surface area (Å²) in [4.78, 5) is 17.4. The zero-order valence-corrected chi connectivity index (χ0v) is 15.5. The van der Waals surface area contributed by atoms with Crippen LogP contribution in [0.5, 0.6) is 0 Å². The van der Waals surface area contributed by atoms with E-state index in [1.54, 1.807) is 24.1 Å². The zero-order valence-electron chi connectivity index (χ0n) is 15.5. The molecule has 0 unspecified atom stereocenters. The van der Waals surface area contributed by atoms with Gasteiger partial charge in [0.2, 0.25) is 0 Å². The first kappa shape index (κ1) is 17.1. The molecule has 1 aliphatic rings. The van der Waals surface area contributed by atoms with Crippen molar-refractivity contribution >= 4 is 21.7 Å². The Kier molecular flexibility index (Phi) is 3.98. The Bertz CT molecular complexity index is 1250. The van der Waals surface area contributed by atoms with Crippen molar-refractivity contribution in [3.05, 3.63) is 59.0 Å². The molecule has 0 amide bonds. The van der Waals surface area contributed by atoms with Gasteiger partial charge in [-0.05, 0) is 55.6 Å². The maximum atomic E-state index is 14.4. The molecule has 0 aliphatic carbocycles. The molecule has 28 heavy (non-hydrogen) atoms. The summed E-state index contributed by atoms with van der Waals surface area (Å²) >= 11 is 0. The van der Waals surface area contributed by atoms with E-state index in [0.717, 1.165) is 36.7 Å². The fourth-order valence-electron chi connectivity index (χ4n) is 4.05. The molecule has 7 heteroatoms. The molecule has 0 radical (unpaired) electrons. The lowest BCUT2D eigenvalue weighted by molar-refractivity contribution is 0.362. The second-order valence-electron chi connectivity index (χ2n) is 7.36. The van der Waals surface area contributed by atoms with Crippen LogP contribution in [0.2, 0.25) is 0 Å². The monoisotopic (exact) mass is 377 g/mol. The van der Waals surface area contributed by atoms with E-state index < -0.39 is 0 Å². The predicted octanol–water partition coefficient (Wildman–Crippen LogP) is 3.01. The standard InChI is InChI=1S/C21H20FN5O/c1-26-12-15-8-14(9-18(22)20(15)25-26)19-10-13-4-7-27(16-2-5-23-6-3-16)21(28)17(13)11-24-19/h4,7-12,16,23H,2-3,5-6H2,1H3. The predicted molar refractivity (Wildman–Crippen MR) is 107 cm³/mol. The van der Waals surface area contributed by atoms with Crippen molar-refractivity contribution in [3.8, 4) is 11.3 Å². The van der Waals surface area contributed by atoms with Crippen molar-refractivity contribution in [1.82, 2.24) is 24.6 Å². The number of fused-ring (bicyclic) bond motifs is 2. The van der Waals surface area contributed by atoms with Gasteiger partial charge in [-0.1, -0.05) is 0 Å². The summed E-state index contributed by atoms with van der Waals surface area (Å²) in [5.41, 5.74) is 1.63. The number of benzene rings is 1. The molecule has 0 spiro atoms. The van der Waals surface area contributed by atoms with Gasteiger partial charge in [0.15, 0.2) is 5.82 Å². The molecular weight excluding hydrogens is 357 g/mol. The van der Waals surface area contributed by atoms with Gasteiger partial charge < -0.3 is 9.88 Å². The van der Waals surface area contributed by atoms with Gasteiger partial charge in [0.25, 0.3) is 5.56 Å². The van der Waals surface area contributed by atoms with Gasteiger partial charge in [-0.3, -0.25) is 14.5 Å². The third-order valence-electron chi connectivity index (χ3n) is 5.49. The minimum Gasteiger partial charge on any atom is -0.317 e. The molecule has 5 rings (SSSR count). The van der Waals surface area contributed by atoms with Crippen LogP contribution in [0.15, 0.2) is 47.7 Å². The van der Waals surface area contributed by atoms with Gasteiger partial charge in [-0.25, -0.2) is 4.39 Å². The Morgan fingerprint density at radius 1 is 1.18 bits per heavy atom. The fraction of sp³-hybridized carbons (Fsp3) is 0.286. The van der Waals surface area contributed by atoms with Gasteiger partial charge in [0, 0.05) is 42.6 Å². The second kappa shape index (κ2) is 6.53. The highest BCUT2D eigenvalue weighted by atomic mass is 19.1. The Hall–Kier alpha value is -3.06. The largest absolute Gasteiger partial charge is 0.317 e. The number of nitrogens with one attached hydrogen (secondary N) is 1. The number of rotatable bonds is 2. The number of pyridine rings is 2. The second-order valence-corrected chi connectivity index (χ2v) is 7.36. The molecule has 0 bridgehead atoms. The van der Waals surface area contributed by atoms with E-state index >= 15 is 0 Å². The smallest absolute Gasteiger partial charge is 0.260 e. The zero-order chi connectivity index (χ0) is 19.3. The Morgan fingerprint density at radius 3 is 2.82 bits per heavy atom. The molecule has 1 aliphatic heterocycles. The number of hydrogen-bond acceptors (Lipinski definition) is 4. The third-order valence-corrected chi connectivity index (χ3v) is 5.49. The van der Waals surface area contributed by atoms with Gasteiger partial charge in [-0.2, -0.15) is 5.10 Å². The van der Waals surface area contributed by atoms with Crippen LogP contribution in [0.4, 0.5) is 4.39 Å². The van der Waals surface area contributed by atoms with E-state index in [9.17, 15) is 9.18 Å². The summed E-state index contributed by atoms with van der Waals surface area (Å²) in [7, 11) is 1.76. The van der Waals surface area contributed by atoms with Crippen LogP contribution in [0, 0.1) is 5.82 Å². The summed E-state index contributed by atoms with van der Waals surface area (Å²) in [6.45, 7) is 1.85. The topological polar surface area (TPSA) is 64.7 Å². The summed E-state index contributed by atoms with van der Waals surface area (Å²) in [6.07, 6.45) is 7.15. The van der Waals surface area contributed by atoms with Crippen molar-refractivity contribution in [2.24, 2.45) is 7.05 Å². The van der Waals surface area contributed by atoms with Crippen molar-refractivity contribution in [2.75, 3.05) is 13.1 Å². The van der Waals surface area contributed by atoms with Crippen molar-refractivity contribution in [1.29, 1.82) is 0 Å². The number of aryl methyl sites for hydroxylation is 1. The van der Waals surface area contributed by atoms with Crippen LogP contribution in [0.25, 0.3) is 32.9 Å². The molecule has 1 N–H and O–H groups in total. The van der Waals surface area contributed by atoms with E-state index in [0.29, 0.717) is 22.2 Å². The first-order chi connectivity index (χ1) is 13.6. The number of hydrogen-bond donors (Lipinski definition) is 1. The summed E-state index contributed by atoms with van der Waals surface area (Å²) in [5, 5.41) is 9.58. The number of halogens is 1. The minimum atomic E-state index is -0.378. The van der Waals surface area contributed by atoms with E-state index in [1.165, 1.54) is 6.07 Å². The highest BCUT2D eigenvalue weighted by Crippen LogP contribution is 2.27. The molecule has 6 nitrogen and oxygen atoms in total. The average Bonchev–Trinajstić information content (AvgIpc) is 3.09. The normalized spacial score (nSPS) is 15.5. The first-order valence-electron chi connectivity index (χ1n) is 9.45. The van der Waals surface area contributed by atoms with Crippen LogP contribution < -0.4 is 10.9 Å². The molecule has 142 valence electrons. The van der Waals surface area contributed by atoms with E-state index in [4.69, 9.17) is 0 Å². The van der Waals surface area contributed by atoms with Crippen LogP contribution in [0.3, 0.4) is 0 Å². The van der Waals surface area contributed by atoms with E-state index in [2.05, 4.69) is 15.4 Å². The van der Waals surface area contributed by atoms with Gasteiger partial charge in [-0.15, -0.1) is 0 Å². The highest BCUT2D eigenvalue weighted by Gasteiger charge is 2.17. The molecule has 0 saturated carbocycles. The minimum absolute atomic E-state index is 0.0163. The molecule has 0 atom stereocenters. The van der Waals surface area contributed by atoms with Crippen molar-refractivity contribution in [3.63, 3.8) is 0 Å². The van der Waals surface area contributed by atoms with Crippen molar-refractivity contribution in [2.45, 2.75) is 18.9 Å². The van der Waals surface area contributed by atoms with Crippen LogP contribution in [0.1, 0.15) is 18.9 Å². The van der Waals surface area contributed by atoms with Gasteiger partial charge >= 0.3 is 0 Å². The maximum Gasteiger partial charge on any atom is 0.260 e. The molecule has 1 fully saturated rings. The average molecular weight is 377 g/mol. The van der Waals surface area contributed by atoms with Gasteiger partial charge in [0.1, 0.15) is 5.52 Å². The molecule has 4 aromatic rings. The molecule has 4 heterocycles. The molecule has 1 saturated heterocycles. The highest BCUT2D eigenvalue weighted by molar-refractivity contribution is 5.88. The SMILES string of the molecule is Cn1cc2cc(-c3cc4ccn(C5CCNCC5)c(=O)c4cn3)cc(F)c2n1. The lowest BCUT2D eigenvalue weighted by Gasteiger charge is -2.25.